The first-order valence-corrected chi connectivity index (χ1v) is 19.3. The van der Waals surface area contributed by atoms with Gasteiger partial charge in [-0.05, 0) is 57.3 Å². The lowest BCUT2D eigenvalue weighted by Crippen LogP contribution is -2.03. The molecule has 4 heterocycles. The lowest BCUT2D eigenvalue weighted by molar-refractivity contribution is 0.671. The van der Waals surface area contributed by atoms with Crippen molar-refractivity contribution in [3.8, 4) is 39.5 Å². The van der Waals surface area contributed by atoms with Crippen LogP contribution in [0.5, 0.6) is 0 Å². The quantitative estimate of drug-likeness (QED) is 0.182. The molecule has 0 aliphatic rings. The summed E-state index contributed by atoms with van der Waals surface area (Å²) >= 11 is 1.75. The van der Waals surface area contributed by atoms with Gasteiger partial charge in [-0.1, -0.05) is 152 Å². The Morgan fingerprint density at radius 1 is 0.455 bits per heavy atom. The van der Waals surface area contributed by atoms with Crippen LogP contribution in [0.3, 0.4) is 0 Å². The summed E-state index contributed by atoms with van der Waals surface area (Å²) in [5.74, 6) is 0.613. The van der Waals surface area contributed by atoms with Crippen LogP contribution in [-0.2, 0) is 0 Å². The van der Waals surface area contributed by atoms with E-state index in [9.17, 15) is 0 Å². The zero-order valence-corrected chi connectivity index (χ0v) is 30.2. The minimum atomic E-state index is 0.613. The highest BCUT2D eigenvalue weighted by molar-refractivity contribution is 7.26. The standard InChI is InChI=1S/C50H29N3OS/c1-4-14-30(15-5-1)33-24-26-37-40(28-33)53(50-51-45(32-18-8-3-9-19-32)49-46(52-50)39-22-12-13-23-42(39)55-49)47-43(37)35-20-10-11-21-36(35)44-38-27-25-34(29-41(38)54-48(44)47)31-16-6-2-7-17-31/h1-29H. The van der Waals surface area contributed by atoms with Crippen molar-refractivity contribution >= 4 is 86.2 Å². The third-order valence-corrected chi connectivity index (χ3v) is 12.2. The zero-order chi connectivity index (χ0) is 36.0. The topological polar surface area (TPSA) is 43.9 Å². The minimum Gasteiger partial charge on any atom is -0.454 e. The second-order valence-corrected chi connectivity index (χ2v) is 15.2. The molecule has 0 bridgehead atoms. The van der Waals surface area contributed by atoms with Crippen LogP contribution in [0.15, 0.2) is 180 Å². The number of hydrogen-bond donors (Lipinski definition) is 0. The highest BCUT2D eigenvalue weighted by Crippen LogP contribution is 2.47. The maximum Gasteiger partial charge on any atom is 0.236 e. The van der Waals surface area contributed by atoms with Gasteiger partial charge in [-0.2, -0.15) is 0 Å². The first-order valence-electron chi connectivity index (χ1n) is 18.5. The van der Waals surface area contributed by atoms with Crippen LogP contribution < -0.4 is 0 Å². The second-order valence-electron chi connectivity index (χ2n) is 14.1. The lowest BCUT2D eigenvalue weighted by Gasteiger charge is -2.11. The molecular weight excluding hydrogens is 691 g/mol. The summed E-state index contributed by atoms with van der Waals surface area (Å²) in [5.41, 5.74) is 11.1. The summed E-state index contributed by atoms with van der Waals surface area (Å²) in [5, 5.41) is 7.88. The Morgan fingerprint density at radius 2 is 1.04 bits per heavy atom. The average molecular weight is 720 g/mol. The summed E-state index contributed by atoms with van der Waals surface area (Å²) < 4.78 is 11.7. The molecular formula is C50H29N3OS. The zero-order valence-electron chi connectivity index (χ0n) is 29.4. The Bertz CT molecular complexity index is 3470. The number of fused-ring (bicyclic) bond motifs is 13. The van der Waals surface area contributed by atoms with Gasteiger partial charge in [0.05, 0.1) is 21.4 Å². The molecule has 256 valence electrons. The molecule has 0 aliphatic heterocycles. The third-order valence-electron chi connectivity index (χ3n) is 11.0. The first-order chi connectivity index (χ1) is 27.3. The van der Waals surface area contributed by atoms with Crippen molar-refractivity contribution in [2.75, 3.05) is 0 Å². The van der Waals surface area contributed by atoms with Gasteiger partial charge in [-0.3, -0.25) is 4.57 Å². The van der Waals surface area contributed by atoms with Crippen LogP contribution in [0.2, 0.25) is 0 Å². The smallest absolute Gasteiger partial charge is 0.236 e. The fourth-order valence-electron chi connectivity index (χ4n) is 8.52. The van der Waals surface area contributed by atoms with E-state index in [0.29, 0.717) is 5.95 Å². The maximum absolute atomic E-state index is 7.13. The van der Waals surface area contributed by atoms with Crippen molar-refractivity contribution in [2.24, 2.45) is 0 Å². The number of furan rings is 1. The number of rotatable bonds is 4. The third kappa shape index (κ3) is 4.51. The fourth-order valence-corrected chi connectivity index (χ4v) is 9.68. The molecule has 0 aliphatic carbocycles. The van der Waals surface area contributed by atoms with E-state index in [4.69, 9.17) is 14.4 Å². The monoisotopic (exact) mass is 719 g/mol. The molecule has 0 radical (unpaired) electrons. The van der Waals surface area contributed by atoms with Gasteiger partial charge in [0.1, 0.15) is 11.1 Å². The molecule has 0 unspecified atom stereocenters. The molecule has 0 spiro atoms. The van der Waals surface area contributed by atoms with E-state index in [-0.39, 0.29) is 0 Å². The Kier molecular flexibility index (Phi) is 6.47. The van der Waals surface area contributed by atoms with Crippen molar-refractivity contribution in [1.82, 2.24) is 14.5 Å². The molecule has 8 aromatic carbocycles. The Labute approximate surface area is 319 Å². The van der Waals surface area contributed by atoms with Crippen molar-refractivity contribution in [3.63, 3.8) is 0 Å². The Hall–Kier alpha value is -7.08. The predicted molar refractivity (Wildman–Crippen MR) is 230 cm³/mol. The fraction of sp³-hybridized carbons (Fsp3) is 0. The van der Waals surface area contributed by atoms with E-state index >= 15 is 0 Å². The van der Waals surface area contributed by atoms with Gasteiger partial charge < -0.3 is 4.42 Å². The molecule has 55 heavy (non-hydrogen) atoms. The minimum absolute atomic E-state index is 0.613. The number of nitrogens with zero attached hydrogens (tertiary/aromatic N) is 3. The van der Waals surface area contributed by atoms with Crippen molar-refractivity contribution < 1.29 is 4.42 Å². The highest BCUT2D eigenvalue weighted by Gasteiger charge is 2.26. The molecule has 0 saturated carbocycles. The van der Waals surface area contributed by atoms with E-state index < -0.39 is 0 Å². The number of aromatic nitrogens is 3. The van der Waals surface area contributed by atoms with E-state index in [1.54, 1.807) is 11.3 Å². The van der Waals surface area contributed by atoms with Crippen molar-refractivity contribution in [1.29, 1.82) is 0 Å². The van der Waals surface area contributed by atoms with Crippen LogP contribution >= 0.6 is 11.3 Å². The van der Waals surface area contributed by atoms with Crippen molar-refractivity contribution in [2.45, 2.75) is 0 Å². The Balaban J connectivity index is 1.28. The van der Waals surface area contributed by atoms with Crippen LogP contribution in [0, 0.1) is 0 Å². The molecule has 0 fully saturated rings. The lowest BCUT2D eigenvalue weighted by atomic mass is 9.97. The predicted octanol–water partition coefficient (Wildman–Crippen LogP) is 14.0. The van der Waals surface area contributed by atoms with Crippen LogP contribution in [-0.4, -0.2) is 14.5 Å². The van der Waals surface area contributed by atoms with Crippen LogP contribution in [0.4, 0.5) is 0 Å². The molecule has 0 saturated heterocycles. The van der Waals surface area contributed by atoms with Gasteiger partial charge in [0, 0.05) is 37.2 Å². The van der Waals surface area contributed by atoms with Crippen LogP contribution in [0.25, 0.3) is 114 Å². The SMILES string of the molecule is c1ccc(-c2ccc3c(c2)oc2c3c3ccccc3c3c4ccc(-c5ccccc5)cc4n(-c4nc(-c5ccccc5)c5sc6ccccc6c5n4)c23)cc1. The molecule has 0 atom stereocenters. The normalized spacial score (nSPS) is 12.0. The van der Waals surface area contributed by atoms with E-state index in [2.05, 4.69) is 180 Å². The summed E-state index contributed by atoms with van der Waals surface area (Å²) in [7, 11) is 0. The second kappa shape index (κ2) is 11.7. The average Bonchev–Trinajstić information content (AvgIpc) is 3.94. The molecule has 12 rings (SSSR count). The first kappa shape index (κ1) is 30.4. The number of hydrogen-bond acceptors (Lipinski definition) is 4. The van der Waals surface area contributed by atoms with Gasteiger partial charge in [0.2, 0.25) is 5.95 Å². The van der Waals surface area contributed by atoms with Gasteiger partial charge in [0.15, 0.2) is 5.58 Å². The van der Waals surface area contributed by atoms with Gasteiger partial charge >= 0.3 is 0 Å². The largest absolute Gasteiger partial charge is 0.454 e. The van der Waals surface area contributed by atoms with Gasteiger partial charge in [-0.25, -0.2) is 9.97 Å². The van der Waals surface area contributed by atoms with E-state index in [1.807, 2.05) is 0 Å². The van der Waals surface area contributed by atoms with E-state index in [0.717, 1.165) is 98.2 Å². The van der Waals surface area contributed by atoms with Crippen molar-refractivity contribution in [3.05, 3.63) is 176 Å². The summed E-state index contributed by atoms with van der Waals surface area (Å²) in [6.07, 6.45) is 0. The Morgan fingerprint density at radius 3 is 1.75 bits per heavy atom. The molecule has 5 heteroatoms. The molecule has 0 amide bonds. The number of thiophene rings is 1. The molecule has 4 aromatic heterocycles. The van der Waals surface area contributed by atoms with Gasteiger partial charge in [0.25, 0.3) is 0 Å². The summed E-state index contributed by atoms with van der Waals surface area (Å²) in [6.45, 7) is 0. The summed E-state index contributed by atoms with van der Waals surface area (Å²) in [6, 6.07) is 62.3. The molecule has 0 N–H and O–H groups in total. The number of benzene rings is 8. The van der Waals surface area contributed by atoms with E-state index in [1.165, 1.54) is 10.1 Å². The highest BCUT2D eigenvalue weighted by atomic mass is 32.1. The molecule has 4 nitrogen and oxygen atoms in total. The van der Waals surface area contributed by atoms with Gasteiger partial charge in [-0.15, -0.1) is 11.3 Å². The molecule has 12 aromatic rings. The summed E-state index contributed by atoms with van der Waals surface area (Å²) in [4.78, 5) is 11.0. The maximum atomic E-state index is 7.13. The van der Waals surface area contributed by atoms with Crippen LogP contribution in [0.1, 0.15) is 0 Å².